The second-order valence-electron chi connectivity index (χ2n) is 11.2. The molecule has 1 saturated carbocycles. The molecule has 2 aromatic carbocycles. The van der Waals surface area contributed by atoms with Crippen LogP contribution < -0.4 is 10.1 Å². The minimum atomic E-state index is -0.589. The number of hydrogen-bond donors (Lipinski definition) is 1. The van der Waals surface area contributed by atoms with Gasteiger partial charge in [-0.1, -0.05) is 42.5 Å². The van der Waals surface area contributed by atoms with Crippen molar-refractivity contribution in [2.75, 3.05) is 46.6 Å². The highest BCUT2D eigenvalue weighted by atomic mass is 16.6. The molecule has 1 amide bonds. The van der Waals surface area contributed by atoms with E-state index in [1.807, 2.05) is 52.0 Å². The number of piperidine rings is 1. The molecule has 2 fully saturated rings. The molecule has 8 heteroatoms. The molecule has 3 atom stereocenters. The van der Waals surface area contributed by atoms with E-state index in [0.717, 1.165) is 23.9 Å². The summed E-state index contributed by atoms with van der Waals surface area (Å²) in [6.45, 7) is 15.2. The van der Waals surface area contributed by atoms with Crippen molar-refractivity contribution in [1.29, 1.82) is 0 Å². The van der Waals surface area contributed by atoms with E-state index in [9.17, 15) is 9.59 Å². The Bertz CT molecular complexity index is 983. The Morgan fingerprint density at radius 1 is 1.00 bits per heavy atom. The van der Waals surface area contributed by atoms with Gasteiger partial charge in [0, 0.05) is 39.8 Å². The molecule has 2 unspecified atom stereocenters. The van der Waals surface area contributed by atoms with Crippen molar-refractivity contribution in [3.05, 3.63) is 65.7 Å². The zero-order valence-corrected chi connectivity index (χ0v) is 25.8. The molecule has 0 spiro atoms. The molecule has 1 heterocycles. The van der Waals surface area contributed by atoms with Crippen molar-refractivity contribution in [3.8, 4) is 5.75 Å². The summed E-state index contributed by atoms with van der Waals surface area (Å²) in [7, 11) is 1.71. The Morgan fingerprint density at radius 3 is 2.17 bits per heavy atom. The number of nitrogens with zero attached hydrogens (tertiary/aromatic N) is 1. The fourth-order valence-electron chi connectivity index (χ4n) is 4.34. The lowest BCUT2D eigenvalue weighted by Crippen LogP contribution is -2.28. The molecular weight excluding hydrogens is 520 g/mol. The van der Waals surface area contributed by atoms with Gasteiger partial charge in [0.15, 0.2) is 6.10 Å². The first-order chi connectivity index (χ1) is 19.7. The number of methoxy groups -OCH3 is 1. The molecule has 228 valence electrons. The normalized spacial score (nSPS) is 18.0. The molecule has 1 aliphatic heterocycles. The monoisotopic (exact) mass is 570 g/mol. The smallest absolute Gasteiger partial charge is 0.335 e. The van der Waals surface area contributed by atoms with E-state index in [1.165, 1.54) is 25.1 Å². The highest BCUT2D eigenvalue weighted by Crippen LogP contribution is 2.45. The number of likely N-dealkylation sites (tertiary alicyclic amines) is 1. The van der Waals surface area contributed by atoms with E-state index in [1.54, 1.807) is 14.0 Å². The fraction of sp³-hybridized carbons (Fsp3) is 0.576. The van der Waals surface area contributed by atoms with Gasteiger partial charge in [-0.15, -0.1) is 0 Å². The van der Waals surface area contributed by atoms with Crippen molar-refractivity contribution >= 4 is 12.4 Å². The van der Waals surface area contributed by atoms with Gasteiger partial charge in [-0.2, -0.15) is 0 Å². The van der Waals surface area contributed by atoms with Gasteiger partial charge < -0.3 is 24.3 Å². The molecule has 1 aliphatic carbocycles. The molecule has 0 aromatic heterocycles. The fourth-order valence-corrected chi connectivity index (χ4v) is 4.34. The van der Waals surface area contributed by atoms with Crippen LogP contribution in [0.2, 0.25) is 0 Å². The van der Waals surface area contributed by atoms with Crippen LogP contribution in [0.1, 0.15) is 52.2 Å². The van der Waals surface area contributed by atoms with Gasteiger partial charge in [-0.25, -0.2) is 4.79 Å². The predicted octanol–water partition coefficient (Wildman–Crippen LogP) is 4.89. The lowest BCUT2D eigenvalue weighted by atomic mass is 10.1. The first-order valence-electron chi connectivity index (χ1n) is 14.7. The Balaban J connectivity index is 0.000000257. The van der Waals surface area contributed by atoms with Crippen LogP contribution in [-0.4, -0.2) is 75.5 Å². The van der Waals surface area contributed by atoms with E-state index in [0.29, 0.717) is 44.9 Å². The average Bonchev–Trinajstić information content (AvgIpc) is 3.57. The van der Waals surface area contributed by atoms with Crippen molar-refractivity contribution in [2.45, 2.75) is 65.7 Å². The summed E-state index contributed by atoms with van der Waals surface area (Å²) in [6.07, 6.45) is 2.01. The topological polar surface area (TPSA) is 86.3 Å². The molecular formula is C33H50N2O6. The lowest BCUT2D eigenvalue weighted by Gasteiger charge is -2.16. The van der Waals surface area contributed by atoms with Crippen LogP contribution >= 0.6 is 0 Å². The number of fused-ring (bicyclic) bond motifs is 1. The maximum Gasteiger partial charge on any atom is 0.335 e. The SMILES string of the molecule is CCOC(=O)[C@H](Cc1ccc(OCCNC=O)cc1)OCC.COC(C)(C)C.c1ccc(CN2CC3CC3C2)cc1. The minimum absolute atomic E-state index is 0.0417. The van der Waals surface area contributed by atoms with Gasteiger partial charge in [0.1, 0.15) is 12.4 Å². The van der Waals surface area contributed by atoms with Crippen LogP contribution in [0.15, 0.2) is 54.6 Å². The minimum Gasteiger partial charge on any atom is -0.492 e. The van der Waals surface area contributed by atoms with E-state index >= 15 is 0 Å². The number of ether oxygens (including phenoxy) is 4. The van der Waals surface area contributed by atoms with Gasteiger partial charge in [-0.3, -0.25) is 9.69 Å². The maximum absolute atomic E-state index is 11.8. The number of amides is 1. The average molecular weight is 571 g/mol. The Kier molecular flexibility index (Phi) is 15.4. The first kappa shape index (κ1) is 34.3. The summed E-state index contributed by atoms with van der Waals surface area (Å²) in [6, 6.07) is 18.2. The highest BCUT2D eigenvalue weighted by Gasteiger charge is 2.44. The first-order valence-corrected chi connectivity index (χ1v) is 14.7. The number of carbonyl (C=O) groups is 2. The molecule has 2 aliphatic rings. The van der Waals surface area contributed by atoms with Crippen molar-refractivity contribution in [1.82, 2.24) is 10.2 Å². The number of benzene rings is 2. The van der Waals surface area contributed by atoms with Gasteiger partial charge in [0.2, 0.25) is 6.41 Å². The van der Waals surface area contributed by atoms with Crippen LogP contribution in [0.25, 0.3) is 0 Å². The molecule has 41 heavy (non-hydrogen) atoms. The number of nitrogens with one attached hydrogen (secondary N) is 1. The number of rotatable bonds is 13. The van der Waals surface area contributed by atoms with Gasteiger partial charge in [0.05, 0.1) is 18.8 Å². The molecule has 2 aromatic rings. The summed E-state index contributed by atoms with van der Waals surface area (Å²) < 4.78 is 20.8. The highest BCUT2D eigenvalue weighted by molar-refractivity contribution is 5.75. The summed E-state index contributed by atoms with van der Waals surface area (Å²) in [5.41, 5.74) is 2.47. The van der Waals surface area contributed by atoms with Gasteiger partial charge in [0.25, 0.3) is 0 Å². The van der Waals surface area contributed by atoms with E-state index in [2.05, 4.69) is 40.5 Å². The second-order valence-corrected chi connectivity index (χ2v) is 11.2. The van der Waals surface area contributed by atoms with Crippen LogP contribution in [0.4, 0.5) is 0 Å². The Hall–Kier alpha value is -2.94. The molecule has 8 nitrogen and oxygen atoms in total. The Morgan fingerprint density at radius 2 is 1.63 bits per heavy atom. The largest absolute Gasteiger partial charge is 0.492 e. The molecule has 1 N–H and O–H groups in total. The standard InChI is InChI=1S/C16H23NO5.C12H15N.C5H12O/c1-3-20-15(16(19)21-4-2)11-13-5-7-14(8-6-13)22-10-9-17-12-18;1-2-4-10(5-3-1)7-13-8-11-6-12(11)9-13;1-5(2,3)6-4/h5-8,12,15H,3-4,9-11H2,1-2H3,(H,17,18);1-5,11-12H,6-9H2;1-4H3/t15-;;/m0../s1. The quantitative estimate of drug-likeness (QED) is 0.208. The Labute approximate surface area is 246 Å². The molecule has 1 saturated heterocycles. The van der Waals surface area contributed by atoms with E-state index in [-0.39, 0.29) is 11.6 Å². The van der Waals surface area contributed by atoms with E-state index < -0.39 is 6.10 Å². The zero-order chi connectivity index (χ0) is 30.1. The van der Waals surface area contributed by atoms with E-state index in [4.69, 9.17) is 18.9 Å². The molecule has 0 bridgehead atoms. The predicted molar refractivity (Wildman–Crippen MR) is 162 cm³/mol. The summed E-state index contributed by atoms with van der Waals surface area (Å²) in [5, 5.41) is 2.52. The third-order valence-electron chi connectivity index (χ3n) is 6.78. The van der Waals surface area contributed by atoms with Crippen molar-refractivity contribution < 1.29 is 28.5 Å². The summed E-state index contributed by atoms with van der Waals surface area (Å²) in [5.74, 6) is 2.48. The summed E-state index contributed by atoms with van der Waals surface area (Å²) >= 11 is 0. The van der Waals surface area contributed by atoms with Crippen molar-refractivity contribution in [2.24, 2.45) is 11.8 Å². The van der Waals surface area contributed by atoms with Crippen LogP contribution in [0, 0.1) is 11.8 Å². The van der Waals surface area contributed by atoms with Crippen LogP contribution in [0.3, 0.4) is 0 Å². The summed E-state index contributed by atoms with van der Waals surface area (Å²) in [4.78, 5) is 24.5. The number of carbonyl (C=O) groups excluding carboxylic acids is 2. The van der Waals surface area contributed by atoms with Gasteiger partial charge >= 0.3 is 5.97 Å². The lowest BCUT2D eigenvalue weighted by molar-refractivity contribution is -0.156. The van der Waals surface area contributed by atoms with Gasteiger partial charge in [-0.05, 0) is 76.1 Å². The van der Waals surface area contributed by atoms with Crippen LogP contribution in [-0.2, 0) is 36.8 Å². The third-order valence-corrected chi connectivity index (χ3v) is 6.78. The zero-order valence-electron chi connectivity index (χ0n) is 25.8. The van der Waals surface area contributed by atoms with Crippen LogP contribution in [0.5, 0.6) is 5.75 Å². The maximum atomic E-state index is 11.8. The van der Waals surface area contributed by atoms with Crippen molar-refractivity contribution in [3.63, 3.8) is 0 Å². The number of hydrogen-bond acceptors (Lipinski definition) is 7. The molecule has 4 rings (SSSR count). The third kappa shape index (κ3) is 14.5. The second kappa shape index (κ2) is 18.5. The molecule has 0 radical (unpaired) electrons. The number of esters is 1.